The standard InChI is InChI=1S/C27H26N4O5/c1-35-21-12-6-11-20(25(21)36-2)16-29-26(33)23-24(32)27(34)31(17-19-10-7-13-28-15-19)22(30-23)14-18-8-4-3-5-9-18/h3-13,15,32H,14,16-17H2,1-2H3,(H,29,33). The highest BCUT2D eigenvalue weighted by Gasteiger charge is 2.22. The highest BCUT2D eigenvalue weighted by molar-refractivity contribution is 5.94. The Labute approximate surface area is 208 Å². The molecule has 0 aliphatic rings. The van der Waals surface area contributed by atoms with E-state index in [1.165, 1.54) is 18.8 Å². The average molecular weight is 487 g/mol. The molecule has 2 aromatic heterocycles. The summed E-state index contributed by atoms with van der Waals surface area (Å²) in [6, 6.07) is 18.4. The second-order valence-corrected chi connectivity index (χ2v) is 7.98. The number of aromatic hydroxyl groups is 1. The molecule has 2 N–H and O–H groups in total. The Morgan fingerprint density at radius 3 is 2.47 bits per heavy atom. The van der Waals surface area contributed by atoms with E-state index < -0.39 is 17.2 Å². The van der Waals surface area contributed by atoms with Crippen molar-refractivity contribution in [1.82, 2.24) is 19.9 Å². The lowest BCUT2D eigenvalue weighted by Crippen LogP contribution is -2.32. The van der Waals surface area contributed by atoms with Crippen LogP contribution >= 0.6 is 0 Å². The zero-order chi connectivity index (χ0) is 25.5. The SMILES string of the molecule is COc1cccc(CNC(=O)c2nc(Cc3ccccc3)n(Cc3cccnc3)c(=O)c2O)c1OC. The molecule has 184 valence electrons. The van der Waals surface area contributed by atoms with Gasteiger partial charge in [-0.3, -0.25) is 19.1 Å². The first kappa shape index (κ1) is 24.5. The number of nitrogens with one attached hydrogen (secondary N) is 1. The van der Waals surface area contributed by atoms with Crippen LogP contribution in [-0.2, 0) is 19.5 Å². The topological polar surface area (TPSA) is 116 Å². The van der Waals surface area contributed by atoms with Crippen molar-refractivity contribution in [2.75, 3.05) is 14.2 Å². The lowest BCUT2D eigenvalue weighted by Gasteiger charge is -2.16. The predicted molar refractivity (Wildman–Crippen MR) is 133 cm³/mol. The van der Waals surface area contributed by atoms with Crippen molar-refractivity contribution in [3.05, 3.63) is 112 Å². The van der Waals surface area contributed by atoms with Crippen LogP contribution in [0.3, 0.4) is 0 Å². The number of carbonyl (C=O) groups is 1. The number of amides is 1. The Hall–Kier alpha value is -4.66. The molecule has 2 aromatic carbocycles. The maximum atomic E-state index is 13.2. The molecule has 0 unspecified atom stereocenters. The molecule has 0 aliphatic carbocycles. The Balaban J connectivity index is 1.68. The molecule has 0 saturated heterocycles. The summed E-state index contributed by atoms with van der Waals surface area (Å²) >= 11 is 0. The quantitative estimate of drug-likeness (QED) is 0.374. The van der Waals surface area contributed by atoms with Crippen molar-refractivity contribution in [2.24, 2.45) is 0 Å². The zero-order valence-electron chi connectivity index (χ0n) is 20.0. The molecular weight excluding hydrogens is 460 g/mol. The molecule has 0 aliphatic heterocycles. The van der Waals surface area contributed by atoms with Gasteiger partial charge in [0.15, 0.2) is 17.2 Å². The normalized spacial score (nSPS) is 10.6. The lowest BCUT2D eigenvalue weighted by atomic mass is 10.1. The van der Waals surface area contributed by atoms with Crippen LogP contribution in [0.4, 0.5) is 0 Å². The summed E-state index contributed by atoms with van der Waals surface area (Å²) in [5.74, 6) is -0.0532. The van der Waals surface area contributed by atoms with Gasteiger partial charge in [0.2, 0.25) is 5.75 Å². The fourth-order valence-electron chi connectivity index (χ4n) is 3.85. The summed E-state index contributed by atoms with van der Waals surface area (Å²) in [5.41, 5.74) is 1.29. The first-order valence-electron chi connectivity index (χ1n) is 11.3. The molecule has 0 atom stereocenters. The Morgan fingerprint density at radius 2 is 1.78 bits per heavy atom. The Bertz CT molecular complexity index is 1410. The minimum absolute atomic E-state index is 0.0765. The maximum absolute atomic E-state index is 13.2. The molecule has 0 bridgehead atoms. The van der Waals surface area contributed by atoms with Crippen molar-refractivity contribution in [2.45, 2.75) is 19.5 Å². The third kappa shape index (κ3) is 5.35. The number of ether oxygens (including phenoxy) is 2. The van der Waals surface area contributed by atoms with E-state index in [2.05, 4.69) is 15.3 Å². The third-order valence-electron chi connectivity index (χ3n) is 5.63. The largest absolute Gasteiger partial charge is 0.501 e. The van der Waals surface area contributed by atoms with E-state index in [-0.39, 0.29) is 18.8 Å². The van der Waals surface area contributed by atoms with Gasteiger partial charge in [0.1, 0.15) is 5.82 Å². The zero-order valence-corrected chi connectivity index (χ0v) is 20.0. The van der Waals surface area contributed by atoms with Crippen LogP contribution in [0.25, 0.3) is 0 Å². The van der Waals surface area contributed by atoms with E-state index in [0.717, 1.165) is 11.1 Å². The maximum Gasteiger partial charge on any atom is 0.296 e. The number of pyridine rings is 1. The first-order chi connectivity index (χ1) is 17.5. The van der Waals surface area contributed by atoms with E-state index in [1.54, 1.807) is 36.7 Å². The molecule has 0 saturated carbocycles. The number of hydrogen-bond donors (Lipinski definition) is 2. The highest BCUT2D eigenvalue weighted by Crippen LogP contribution is 2.30. The van der Waals surface area contributed by atoms with Gasteiger partial charge in [-0.2, -0.15) is 0 Å². The summed E-state index contributed by atoms with van der Waals surface area (Å²) < 4.78 is 12.1. The van der Waals surface area contributed by atoms with Gasteiger partial charge in [0, 0.05) is 30.9 Å². The number of methoxy groups -OCH3 is 2. The van der Waals surface area contributed by atoms with E-state index in [9.17, 15) is 14.7 Å². The second kappa shape index (κ2) is 11.2. The summed E-state index contributed by atoms with van der Waals surface area (Å²) in [5, 5.41) is 13.4. The van der Waals surface area contributed by atoms with Gasteiger partial charge in [0.05, 0.1) is 20.8 Å². The summed E-state index contributed by atoms with van der Waals surface area (Å²) in [4.78, 5) is 34.8. The molecule has 9 heteroatoms. The molecule has 36 heavy (non-hydrogen) atoms. The van der Waals surface area contributed by atoms with Crippen molar-refractivity contribution < 1.29 is 19.4 Å². The Kier molecular flexibility index (Phi) is 7.60. The van der Waals surface area contributed by atoms with Crippen molar-refractivity contribution >= 4 is 5.91 Å². The first-order valence-corrected chi connectivity index (χ1v) is 11.3. The van der Waals surface area contributed by atoms with E-state index >= 15 is 0 Å². The van der Waals surface area contributed by atoms with Crippen LogP contribution in [-0.4, -0.2) is 39.8 Å². The van der Waals surface area contributed by atoms with E-state index in [0.29, 0.717) is 29.3 Å². The van der Waals surface area contributed by atoms with Gasteiger partial charge in [-0.15, -0.1) is 0 Å². The molecule has 0 spiro atoms. The van der Waals surface area contributed by atoms with Gasteiger partial charge < -0.3 is 19.9 Å². The molecule has 4 rings (SSSR count). The Morgan fingerprint density at radius 1 is 1.00 bits per heavy atom. The number of para-hydroxylation sites is 1. The minimum atomic E-state index is -0.717. The number of carbonyl (C=O) groups excluding carboxylic acids is 1. The number of rotatable bonds is 9. The summed E-state index contributed by atoms with van der Waals surface area (Å²) in [6.07, 6.45) is 3.57. The molecule has 2 heterocycles. The smallest absolute Gasteiger partial charge is 0.296 e. The molecule has 1 amide bonds. The van der Waals surface area contributed by atoms with Gasteiger partial charge in [0.25, 0.3) is 11.5 Å². The number of nitrogens with zero attached hydrogens (tertiary/aromatic N) is 3. The van der Waals surface area contributed by atoms with Crippen molar-refractivity contribution in [3.8, 4) is 17.2 Å². The van der Waals surface area contributed by atoms with Gasteiger partial charge >= 0.3 is 0 Å². The van der Waals surface area contributed by atoms with Gasteiger partial charge in [-0.25, -0.2) is 4.98 Å². The van der Waals surface area contributed by atoms with E-state index in [4.69, 9.17) is 9.47 Å². The van der Waals surface area contributed by atoms with E-state index in [1.807, 2.05) is 36.4 Å². The number of aromatic nitrogens is 3. The molecular formula is C27H26N4O5. The molecule has 4 aromatic rings. The third-order valence-corrected chi connectivity index (χ3v) is 5.63. The lowest BCUT2D eigenvalue weighted by molar-refractivity contribution is 0.0941. The predicted octanol–water partition coefficient (Wildman–Crippen LogP) is 2.93. The summed E-state index contributed by atoms with van der Waals surface area (Å²) in [7, 11) is 3.03. The van der Waals surface area contributed by atoms with Gasteiger partial charge in [-0.1, -0.05) is 48.5 Å². The second-order valence-electron chi connectivity index (χ2n) is 7.98. The molecule has 0 fully saturated rings. The van der Waals surface area contributed by atoms with Crippen LogP contribution < -0.4 is 20.3 Å². The minimum Gasteiger partial charge on any atom is -0.501 e. The fraction of sp³-hybridized carbons (Fsp3) is 0.185. The highest BCUT2D eigenvalue weighted by atomic mass is 16.5. The molecule has 9 nitrogen and oxygen atoms in total. The summed E-state index contributed by atoms with van der Waals surface area (Å²) in [6.45, 7) is 0.228. The number of hydrogen-bond acceptors (Lipinski definition) is 7. The van der Waals surface area contributed by atoms with Crippen LogP contribution in [0.1, 0.15) is 33.0 Å². The van der Waals surface area contributed by atoms with Gasteiger partial charge in [-0.05, 0) is 23.3 Å². The van der Waals surface area contributed by atoms with Crippen LogP contribution in [0.5, 0.6) is 17.2 Å². The van der Waals surface area contributed by atoms with Crippen LogP contribution in [0.15, 0.2) is 77.9 Å². The number of benzene rings is 2. The monoisotopic (exact) mass is 486 g/mol. The molecule has 0 radical (unpaired) electrons. The average Bonchev–Trinajstić information content (AvgIpc) is 2.92. The van der Waals surface area contributed by atoms with Crippen LogP contribution in [0.2, 0.25) is 0 Å². The van der Waals surface area contributed by atoms with Crippen molar-refractivity contribution in [3.63, 3.8) is 0 Å². The van der Waals surface area contributed by atoms with Crippen molar-refractivity contribution in [1.29, 1.82) is 0 Å². The fourth-order valence-corrected chi connectivity index (χ4v) is 3.85. The van der Waals surface area contributed by atoms with Crippen LogP contribution in [0, 0.1) is 0 Å².